The Balaban J connectivity index is 1.89. The summed E-state index contributed by atoms with van der Waals surface area (Å²) in [6, 6.07) is 0.422. The summed E-state index contributed by atoms with van der Waals surface area (Å²) in [7, 11) is 0. The number of nitrogens with zero attached hydrogens (tertiary/aromatic N) is 4. The van der Waals surface area contributed by atoms with Gasteiger partial charge in [-0.05, 0) is 69.9 Å². The first-order valence-electron chi connectivity index (χ1n) is 10.5. The molecule has 0 aliphatic heterocycles. The van der Waals surface area contributed by atoms with Gasteiger partial charge in [0.25, 0.3) is 0 Å². The van der Waals surface area contributed by atoms with E-state index >= 15 is 0 Å². The zero-order chi connectivity index (χ0) is 19.1. The maximum absolute atomic E-state index is 4.79. The van der Waals surface area contributed by atoms with Crippen LogP contribution in [0, 0.1) is 19.8 Å². The van der Waals surface area contributed by atoms with E-state index in [9.17, 15) is 0 Å². The molecule has 0 radical (unpaired) electrons. The lowest BCUT2D eigenvalue weighted by Crippen LogP contribution is -2.07. The quantitative estimate of drug-likeness (QED) is 0.519. The van der Waals surface area contributed by atoms with Gasteiger partial charge in [-0.2, -0.15) is 10.2 Å². The van der Waals surface area contributed by atoms with Gasteiger partial charge >= 0.3 is 0 Å². The predicted octanol–water partition coefficient (Wildman–Crippen LogP) is 5.67. The van der Waals surface area contributed by atoms with Crippen molar-refractivity contribution in [1.29, 1.82) is 0 Å². The molecule has 0 saturated heterocycles. The van der Waals surface area contributed by atoms with Gasteiger partial charge in [0.2, 0.25) is 0 Å². The lowest BCUT2D eigenvalue weighted by Gasteiger charge is -2.11. The van der Waals surface area contributed by atoms with Gasteiger partial charge in [0.15, 0.2) is 0 Å². The Hall–Kier alpha value is -1.58. The van der Waals surface area contributed by atoms with Gasteiger partial charge in [-0.1, -0.05) is 33.6 Å². The average molecular weight is 359 g/mol. The highest BCUT2D eigenvalue weighted by Gasteiger charge is 2.12. The molecule has 2 unspecified atom stereocenters. The molecule has 0 fully saturated rings. The molecule has 0 N–H and O–H groups in total. The fraction of sp³-hybridized carbons (Fsp3) is 0.727. The van der Waals surface area contributed by atoms with Crippen LogP contribution in [-0.4, -0.2) is 19.6 Å². The van der Waals surface area contributed by atoms with Crippen molar-refractivity contribution < 1.29 is 0 Å². The van der Waals surface area contributed by atoms with E-state index in [1.807, 2.05) is 0 Å². The van der Waals surface area contributed by atoms with Crippen LogP contribution in [0.5, 0.6) is 0 Å². The Morgan fingerprint density at radius 1 is 0.923 bits per heavy atom. The largest absolute Gasteiger partial charge is 0.272 e. The van der Waals surface area contributed by atoms with Crippen molar-refractivity contribution >= 4 is 0 Å². The van der Waals surface area contributed by atoms with E-state index in [0.29, 0.717) is 6.04 Å². The number of hydrogen-bond acceptors (Lipinski definition) is 2. The van der Waals surface area contributed by atoms with Crippen LogP contribution < -0.4 is 0 Å². The van der Waals surface area contributed by atoms with Gasteiger partial charge < -0.3 is 0 Å². The minimum absolute atomic E-state index is 0.422. The second-order valence-electron chi connectivity index (χ2n) is 8.02. The molecule has 0 bridgehead atoms. The van der Waals surface area contributed by atoms with Crippen LogP contribution in [0.4, 0.5) is 0 Å². The topological polar surface area (TPSA) is 35.6 Å². The van der Waals surface area contributed by atoms with Gasteiger partial charge in [-0.3, -0.25) is 9.36 Å². The highest BCUT2D eigenvalue weighted by Crippen LogP contribution is 2.20. The molecule has 2 aromatic heterocycles. The van der Waals surface area contributed by atoms with Crippen molar-refractivity contribution in [1.82, 2.24) is 19.6 Å². The first-order chi connectivity index (χ1) is 12.4. The molecule has 0 saturated carbocycles. The van der Waals surface area contributed by atoms with Crippen LogP contribution in [0.2, 0.25) is 0 Å². The Kier molecular flexibility index (Phi) is 7.92. The maximum Gasteiger partial charge on any atom is 0.0625 e. The summed E-state index contributed by atoms with van der Waals surface area (Å²) in [6.45, 7) is 14.4. The molecular formula is C22H38N4. The fourth-order valence-electron chi connectivity index (χ4n) is 3.48. The third-order valence-electron chi connectivity index (χ3n) is 5.64. The fourth-order valence-corrected chi connectivity index (χ4v) is 3.48. The smallest absolute Gasteiger partial charge is 0.0625 e. The zero-order valence-corrected chi connectivity index (χ0v) is 17.8. The minimum atomic E-state index is 0.422. The van der Waals surface area contributed by atoms with E-state index in [4.69, 9.17) is 5.10 Å². The molecule has 2 aromatic rings. The molecule has 0 aromatic carbocycles. The first kappa shape index (κ1) is 20.7. The summed E-state index contributed by atoms with van der Waals surface area (Å²) < 4.78 is 4.27. The van der Waals surface area contributed by atoms with Crippen molar-refractivity contribution in [3.63, 3.8) is 0 Å². The summed E-state index contributed by atoms with van der Waals surface area (Å²) in [5.41, 5.74) is 5.18. The summed E-state index contributed by atoms with van der Waals surface area (Å²) in [5.74, 6) is 0.834. The predicted molar refractivity (Wildman–Crippen MR) is 110 cm³/mol. The Bertz CT molecular complexity index is 668. The van der Waals surface area contributed by atoms with Crippen molar-refractivity contribution in [2.45, 2.75) is 99.1 Å². The Morgan fingerprint density at radius 2 is 1.62 bits per heavy atom. The number of aromatic nitrogens is 4. The van der Waals surface area contributed by atoms with E-state index in [1.54, 1.807) is 0 Å². The second-order valence-corrected chi connectivity index (χ2v) is 8.02. The normalized spacial score (nSPS) is 13.9. The molecule has 2 rings (SSSR count). The lowest BCUT2D eigenvalue weighted by molar-refractivity contribution is 0.456. The van der Waals surface area contributed by atoms with Crippen LogP contribution in [0.3, 0.4) is 0 Å². The summed E-state index contributed by atoms with van der Waals surface area (Å²) in [4.78, 5) is 0. The number of aryl methyl sites for hydroxylation is 5. The summed E-state index contributed by atoms with van der Waals surface area (Å²) in [6.07, 6.45) is 12.8. The van der Waals surface area contributed by atoms with Crippen LogP contribution in [0.15, 0.2) is 12.4 Å². The molecule has 0 spiro atoms. The molecule has 4 heteroatoms. The minimum Gasteiger partial charge on any atom is -0.272 e. The molecule has 0 aliphatic rings. The molecule has 2 heterocycles. The van der Waals surface area contributed by atoms with Crippen LogP contribution >= 0.6 is 0 Å². The third-order valence-corrected chi connectivity index (χ3v) is 5.64. The van der Waals surface area contributed by atoms with Gasteiger partial charge in [0, 0.05) is 25.0 Å². The van der Waals surface area contributed by atoms with Crippen LogP contribution in [0.1, 0.15) is 88.4 Å². The molecule has 0 amide bonds. The standard InChI is InChI=1S/C22H38N4/c1-7-14-25-15-22(19(5)23-25)13-12-18(4)26-16-21(20(6)24-26)11-9-10-17(3)8-2/h15-18H,7-14H2,1-6H3. The van der Waals surface area contributed by atoms with Crippen molar-refractivity contribution in [3.8, 4) is 0 Å². The Labute approximate surface area is 160 Å². The zero-order valence-electron chi connectivity index (χ0n) is 17.8. The third kappa shape index (κ3) is 5.72. The van der Waals surface area contributed by atoms with E-state index in [1.165, 1.54) is 41.8 Å². The molecule has 0 aliphatic carbocycles. The number of rotatable bonds is 11. The number of hydrogen-bond donors (Lipinski definition) is 0. The van der Waals surface area contributed by atoms with E-state index < -0.39 is 0 Å². The Morgan fingerprint density at radius 3 is 2.31 bits per heavy atom. The molecular weight excluding hydrogens is 320 g/mol. The molecule has 146 valence electrons. The van der Waals surface area contributed by atoms with Crippen LogP contribution in [-0.2, 0) is 19.4 Å². The van der Waals surface area contributed by atoms with Crippen LogP contribution in [0.25, 0.3) is 0 Å². The van der Waals surface area contributed by atoms with Crippen molar-refractivity contribution in [2.24, 2.45) is 5.92 Å². The van der Waals surface area contributed by atoms with Crippen molar-refractivity contribution in [2.75, 3.05) is 0 Å². The SMILES string of the molecule is CCCn1cc(CCC(C)n2cc(CCCC(C)CC)c(C)n2)c(C)n1. The van der Waals surface area contributed by atoms with E-state index in [2.05, 4.69) is 68.4 Å². The monoisotopic (exact) mass is 358 g/mol. The van der Waals surface area contributed by atoms with Gasteiger partial charge in [0.1, 0.15) is 0 Å². The molecule has 2 atom stereocenters. The highest BCUT2D eigenvalue weighted by atomic mass is 15.3. The second kappa shape index (κ2) is 9.94. The van der Waals surface area contributed by atoms with Crippen molar-refractivity contribution in [3.05, 3.63) is 34.9 Å². The van der Waals surface area contributed by atoms with Gasteiger partial charge in [0.05, 0.1) is 11.4 Å². The summed E-state index contributed by atoms with van der Waals surface area (Å²) in [5, 5.41) is 9.41. The highest BCUT2D eigenvalue weighted by molar-refractivity contribution is 5.17. The maximum atomic E-state index is 4.79. The average Bonchev–Trinajstić information content (AvgIpc) is 3.15. The van der Waals surface area contributed by atoms with Gasteiger partial charge in [-0.15, -0.1) is 0 Å². The van der Waals surface area contributed by atoms with E-state index in [0.717, 1.165) is 38.1 Å². The van der Waals surface area contributed by atoms with E-state index in [-0.39, 0.29) is 0 Å². The first-order valence-corrected chi connectivity index (χ1v) is 10.5. The molecule has 26 heavy (non-hydrogen) atoms. The summed E-state index contributed by atoms with van der Waals surface area (Å²) >= 11 is 0. The van der Waals surface area contributed by atoms with Gasteiger partial charge in [-0.25, -0.2) is 0 Å². The lowest BCUT2D eigenvalue weighted by atomic mass is 9.99. The molecule has 4 nitrogen and oxygen atoms in total.